The standard InChI is InChI=1S/C10H22N3O2/c1-11(2)8-9-15-10(14)13-6-4-12(3)5-7-13/h10H,4-9H2,1-3H3. The fraction of sp³-hybridized carbons (Fsp3) is 1.00. The van der Waals surface area contributed by atoms with Crippen molar-refractivity contribution in [2.24, 2.45) is 0 Å². The number of nitrogens with zero attached hydrogens (tertiary/aromatic N) is 3. The Labute approximate surface area is 92.2 Å². The van der Waals surface area contributed by atoms with Crippen molar-refractivity contribution in [1.82, 2.24) is 14.7 Å². The Morgan fingerprint density at radius 2 is 1.87 bits per heavy atom. The summed E-state index contributed by atoms with van der Waals surface area (Å²) < 4.78 is 5.24. The molecule has 0 saturated carbocycles. The molecular formula is C10H22N3O2. The fourth-order valence-corrected chi connectivity index (χ4v) is 1.47. The van der Waals surface area contributed by atoms with Crippen LogP contribution in [0.25, 0.3) is 0 Å². The van der Waals surface area contributed by atoms with E-state index in [2.05, 4.69) is 11.9 Å². The molecule has 5 nitrogen and oxygen atoms in total. The van der Waals surface area contributed by atoms with Crippen LogP contribution in [0.4, 0.5) is 0 Å². The highest BCUT2D eigenvalue weighted by atomic mass is 16.6. The summed E-state index contributed by atoms with van der Waals surface area (Å²) in [5.74, 6) is 0. The highest BCUT2D eigenvalue weighted by Gasteiger charge is 2.21. The Kier molecular flexibility index (Phi) is 5.49. The fourth-order valence-electron chi connectivity index (χ4n) is 1.47. The molecule has 0 aromatic heterocycles. The second-order valence-electron chi connectivity index (χ2n) is 4.32. The van der Waals surface area contributed by atoms with Gasteiger partial charge in [-0.2, -0.15) is 5.11 Å². The quantitative estimate of drug-likeness (QED) is 0.582. The maximum Gasteiger partial charge on any atom is 0.250 e. The summed E-state index contributed by atoms with van der Waals surface area (Å²) in [6, 6.07) is 0. The van der Waals surface area contributed by atoms with Gasteiger partial charge in [0.2, 0.25) is 6.41 Å². The second-order valence-corrected chi connectivity index (χ2v) is 4.32. The predicted molar refractivity (Wildman–Crippen MR) is 58.1 cm³/mol. The average Bonchev–Trinajstić information content (AvgIpc) is 2.18. The van der Waals surface area contributed by atoms with Crippen LogP contribution in [0.2, 0.25) is 0 Å². The molecule has 1 fully saturated rings. The number of hydrogen-bond acceptors (Lipinski definition) is 4. The van der Waals surface area contributed by atoms with Crippen LogP contribution in [0.5, 0.6) is 0 Å². The van der Waals surface area contributed by atoms with E-state index in [4.69, 9.17) is 4.74 Å². The molecule has 89 valence electrons. The monoisotopic (exact) mass is 216 g/mol. The van der Waals surface area contributed by atoms with Crippen molar-refractivity contribution in [2.45, 2.75) is 6.41 Å². The van der Waals surface area contributed by atoms with Crippen LogP contribution in [0, 0.1) is 0 Å². The summed E-state index contributed by atoms with van der Waals surface area (Å²) in [6.45, 7) is 4.84. The molecule has 0 aromatic carbocycles. The van der Waals surface area contributed by atoms with Gasteiger partial charge in [0, 0.05) is 32.7 Å². The lowest BCUT2D eigenvalue weighted by atomic mass is 10.3. The minimum Gasteiger partial charge on any atom is -0.336 e. The molecule has 1 aliphatic heterocycles. The Bertz CT molecular complexity index is 170. The summed E-state index contributed by atoms with van der Waals surface area (Å²) in [5.41, 5.74) is 0. The smallest absolute Gasteiger partial charge is 0.250 e. The van der Waals surface area contributed by atoms with Gasteiger partial charge in [-0.25, -0.2) is 0 Å². The molecule has 1 heterocycles. The predicted octanol–water partition coefficient (Wildman–Crippen LogP) is -0.474. The summed E-state index contributed by atoms with van der Waals surface area (Å²) in [5, 5.41) is 11.6. The van der Waals surface area contributed by atoms with E-state index in [1.807, 2.05) is 23.9 Å². The SMILES string of the molecule is CN(C)CCOC([O])N1CCN(C)CC1. The zero-order valence-corrected chi connectivity index (χ0v) is 9.98. The molecular weight excluding hydrogens is 194 g/mol. The topological polar surface area (TPSA) is 38.9 Å². The van der Waals surface area contributed by atoms with E-state index < -0.39 is 6.41 Å². The molecule has 5 heteroatoms. The van der Waals surface area contributed by atoms with Crippen LogP contribution in [0.3, 0.4) is 0 Å². The summed E-state index contributed by atoms with van der Waals surface area (Å²) in [7, 11) is 6.02. The number of ether oxygens (including phenoxy) is 1. The minimum atomic E-state index is -0.987. The Morgan fingerprint density at radius 3 is 2.40 bits per heavy atom. The van der Waals surface area contributed by atoms with Gasteiger partial charge in [0.15, 0.2) is 0 Å². The van der Waals surface area contributed by atoms with Crippen molar-refractivity contribution < 1.29 is 9.84 Å². The lowest BCUT2D eigenvalue weighted by molar-refractivity contribution is -0.232. The third-order valence-corrected chi connectivity index (χ3v) is 2.63. The first-order valence-electron chi connectivity index (χ1n) is 5.44. The molecule has 0 aliphatic carbocycles. The van der Waals surface area contributed by atoms with Crippen LogP contribution < -0.4 is 0 Å². The molecule has 0 spiro atoms. The number of rotatable bonds is 5. The van der Waals surface area contributed by atoms with Gasteiger partial charge >= 0.3 is 0 Å². The van der Waals surface area contributed by atoms with E-state index in [-0.39, 0.29) is 0 Å². The van der Waals surface area contributed by atoms with Crippen molar-refractivity contribution >= 4 is 0 Å². The first-order valence-corrected chi connectivity index (χ1v) is 5.44. The normalized spacial score (nSPS) is 22.2. The van der Waals surface area contributed by atoms with Gasteiger partial charge in [0.05, 0.1) is 6.61 Å². The zero-order chi connectivity index (χ0) is 11.3. The number of likely N-dealkylation sites (N-methyl/N-ethyl adjacent to an activating group) is 2. The van der Waals surface area contributed by atoms with Crippen LogP contribution in [0.1, 0.15) is 0 Å². The molecule has 0 bridgehead atoms. The second kappa shape index (κ2) is 6.40. The molecule has 0 amide bonds. The molecule has 0 N–H and O–H groups in total. The lowest BCUT2D eigenvalue weighted by Gasteiger charge is -2.34. The molecule has 1 unspecified atom stereocenters. The van der Waals surface area contributed by atoms with E-state index in [9.17, 15) is 5.11 Å². The largest absolute Gasteiger partial charge is 0.336 e. The Morgan fingerprint density at radius 1 is 1.27 bits per heavy atom. The van der Waals surface area contributed by atoms with Gasteiger partial charge < -0.3 is 14.5 Å². The van der Waals surface area contributed by atoms with Crippen LogP contribution in [-0.4, -0.2) is 81.6 Å². The van der Waals surface area contributed by atoms with Gasteiger partial charge in [0.1, 0.15) is 0 Å². The van der Waals surface area contributed by atoms with Gasteiger partial charge in [-0.05, 0) is 21.1 Å². The third-order valence-electron chi connectivity index (χ3n) is 2.63. The number of piperazine rings is 1. The van der Waals surface area contributed by atoms with Crippen molar-refractivity contribution in [3.05, 3.63) is 0 Å². The van der Waals surface area contributed by atoms with Crippen LogP contribution in [0.15, 0.2) is 0 Å². The summed E-state index contributed by atoms with van der Waals surface area (Å²) in [6.07, 6.45) is -0.987. The highest BCUT2D eigenvalue weighted by molar-refractivity contribution is 4.68. The third kappa shape index (κ3) is 4.90. The summed E-state index contributed by atoms with van der Waals surface area (Å²) in [4.78, 5) is 6.09. The van der Waals surface area contributed by atoms with Crippen LogP contribution >= 0.6 is 0 Å². The molecule has 1 aliphatic rings. The van der Waals surface area contributed by atoms with Crippen molar-refractivity contribution in [2.75, 3.05) is 60.5 Å². The highest BCUT2D eigenvalue weighted by Crippen LogP contribution is 2.04. The maximum atomic E-state index is 11.6. The molecule has 1 saturated heterocycles. The Balaban J connectivity index is 2.13. The maximum absolute atomic E-state index is 11.6. The van der Waals surface area contributed by atoms with E-state index in [0.29, 0.717) is 6.61 Å². The molecule has 1 rings (SSSR count). The van der Waals surface area contributed by atoms with Gasteiger partial charge in [-0.1, -0.05) is 0 Å². The number of hydrogen-bond donors (Lipinski definition) is 0. The Hall–Kier alpha value is -0.200. The average molecular weight is 216 g/mol. The van der Waals surface area contributed by atoms with Crippen molar-refractivity contribution in [3.8, 4) is 0 Å². The lowest BCUT2D eigenvalue weighted by Crippen LogP contribution is -2.49. The van der Waals surface area contributed by atoms with E-state index in [1.54, 1.807) is 0 Å². The molecule has 1 atom stereocenters. The molecule has 0 aromatic rings. The van der Waals surface area contributed by atoms with Gasteiger partial charge in [-0.15, -0.1) is 0 Å². The van der Waals surface area contributed by atoms with Crippen molar-refractivity contribution in [3.63, 3.8) is 0 Å². The minimum absolute atomic E-state index is 0.507. The van der Waals surface area contributed by atoms with E-state index in [0.717, 1.165) is 32.7 Å². The zero-order valence-electron chi connectivity index (χ0n) is 9.98. The van der Waals surface area contributed by atoms with Crippen molar-refractivity contribution in [1.29, 1.82) is 0 Å². The summed E-state index contributed by atoms with van der Waals surface area (Å²) >= 11 is 0. The van der Waals surface area contributed by atoms with Gasteiger partial charge in [-0.3, -0.25) is 4.90 Å². The first-order chi connectivity index (χ1) is 7.09. The van der Waals surface area contributed by atoms with Crippen LogP contribution in [-0.2, 0) is 9.84 Å². The van der Waals surface area contributed by atoms with E-state index in [1.165, 1.54) is 0 Å². The van der Waals surface area contributed by atoms with E-state index >= 15 is 0 Å². The molecule has 15 heavy (non-hydrogen) atoms. The first kappa shape index (κ1) is 12.9. The molecule has 1 radical (unpaired) electrons. The van der Waals surface area contributed by atoms with Gasteiger partial charge in [0.25, 0.3) is 0 Å².